The van der Waals surface area contributed by atoms with E-state index < -0.39 is 5.54 Å². The van der Waals surface area contributed by atoms with Gasteiger partial charge in [0.05, 0.1) is 61.7 Å². The van der Waals surface area contributed by atoms with Gasteiger partial charge in [0.15, 0.2) is 0 Å². The third kappa shape index (κ3) is 4.86. The molecule has 184 valence electrons. The van der Waals surface area contributed by atoms with Gasteiger partial charge < -0.3 is 19.1 Å². The average molecular weight is 462 g/mol. The van der Waals surface area contributed by atoms with E-state index in [9.17, 15) is 4.79 Å². The number of ether oxygens (including phenoxy) is 3. The maximum atomic E-state index is 13.6. The van der Waals surface area contributed by atoms with Crippen LogP contribution in [0.3, 0.4) is 0 Å². The van der Waals surface area contributed by atoms with Crippen LogP contribution in [-0.2, 0) is 19.0 Å². The molecule has 9 nitrogen and oxygen atoms in total. The minimum absolute atomic E-state index is 0.0870. The van der Waals surface area contributed by atoms with Crippen LogP contribution < -0.4 is 0 Å². The van der Waals surface area contributed by atoms with Crippen molar-refractivity contribution in [3.63, 3.8) is 0 Å². The zero-order valence-electron chi connectivity index (χ0n) is 20.6. The largest absolute Gasteiger partial charge is 0.382 e. The highest BCUT2D eigenvalue weighted by Crippen LogP contribution is 2.43. The number of methoxy groups -OCH3 is 1. The highest BCUT2D eigenvalue weighted by atomic mass is 16.5. The van der Waals surface area contributed by atoms with Crippen molar-refractivity contribution in [3.05, 3.63) is 0 Å². The normalized spacial score (nSPS) is 35.3. The second kappa shape index (κ2) is 10.2. The third-order valence-corrected chi connectivity index (χ3v) is 7.36. The zero-order valence-corrected chi connectivity index (χ0v) is 20.6. The third-order valence-electron chi connectivity index (χ3n) is 7.36. The summed E-state index contributed by atoms with van der Waals surface area (Å²) >= 11 is 0. The molecule has 0 aromatic carbocycles. The van der Waals surface area contributed by atoms with Gasteiger partial charge in [-0.15, -0.1) is 0 Å². The predicted octanol–water partition coefficient (Wildman–Crippen LogP) is 1.86. The van der Waals surface area contributed by atoms with E-state index >= 15 is 0 Å². The lowest BCUT2D eigenvalue weighted by Crippen LogP contribution is -2.52. The summed E-state index contributed by atoms with van der Waals surface area (Å²) < 4.78 is 16.5. The Bertz CT molecular complexity index is 798. The summed E-state index contributed by atoms with van der Waals surface area (Å²) in [4.78, 5) is 25.5. The fraction of sp³-hybridized carbons (Fsp3) is 0.833. The molecular formula is C24H39N5O4. The molecule has 0 aliphatic carbocycles. The number of hydrogen-bond donors (Lipinski definition) is 0. The molecule has 33 heavy (non-hydrogen) atoms. The van der Waals surface area contributed by atoms with Crippen LogP contribution in [0.1, 0.15) is 40.5 Å². The maximum Gasteiger partial charge on any atom is 0.233 e. The summed E-state index contributed by atoms with van der Waals surface area (Å²) in [5.41, 5.74) is 0.565. The van der Waals surface area contributed by atoms with Crippen molar-refractivity contribution in [3.8, 4) is 0 Å². The topological polar surface area (TPSA) is 88.3 Å². The highest BCUT2D eigenvalue weighted by Gasteiger charge is 2.57. The lowest BCUT2D eigenvalue weighted by Gasteiger charge is -2.38. The van der Waals surface area contributed by atoms with Crippen molar-refractivity contribution in [2.75, 3.05) is 46.8 Å². The van der Waals surface area contributed by atoms with Crippen LogP contribution in [0.2, 0.25) is 0 Å². The lowest BCUT2D eigenvalue weighted by atomic mass is 9.75. The number of likely N-dealkylation sites (tertiary alicyclic amines) is 1. The van der Waals surface area contributed by atoms with Gasteiger partial charge in [0.25, 0.3) is 0 Å². The Kier molecular flexibility index (Phi) is 7.50. The number of hydrazone groups is 1. The first-order valence-corrected chi connectivity index (χ1v) is 12.2. The molecule has 0 saturated carbocycles. The van der Waals surface area contributed by atoms with Crippen LogP contribution in [0.5, 0.6) is 0 Å². The molecule has 0 aromatic heterocycles. The van der Waals surface area contributed by atoms with Crippen LogP contribution in [0, 0.1) is 17.8 Å². The molecule has 4 aliphatic heterocycles. The first kappa shape index (κ1) is 24.3. The molecule has 4 aliphatic rings. The summed E-state index contributed by atoms with van der Waals surface area (Å²) in [7, 11) is 1.65. The molecule has 6 atom stereocenters. The smallest absolute Gasteiger partial charge is 0.233 e. The van der Waals surface area contributed by atoms with Gasteiger partial charge in [-0.1, -0.05) is 6.92 Å². The van der Waals surface area contributed by atoms with Crippen molar-refractivity contribution in [1.29, 1.82) is 0 Å². The van der Waals surface area contributed by atoms with Gasteiger partial charge in [0, 0.05) is 32.1 Å². The van der Waals surface area contributed by atoms with Crippen molar-refractivity contribution < 1.29 is 19.0 Å². The maximum absolute atomic E-state index is 13.6. The van der Waals surface area contributed by atoms with E-state index in [1.165, 1.54) is 0 Å². The summed E-state index contributed by atoms with van der Waals surface area (Å²) in [5, 5.41) is 6.35. The first-order valence-electron chi connectivity index (χ1n) is 12.2. The number of rotatable bonds is 9. The second-order valence-electron chi connectivity index (χ2n) is 10.1. The van der Waals surface area contributed by atoms with Crippen LogP contribution >= 0.6 is 0 Å². The molecule has 0 spiro atoms. The molecule has 0 bridgehead atoms. The van der Waals surface area contributed by atoms with Gasteiger partial charge in [0.1, 0.15) is 6.73 Å². The molecule has 1 amide bonds. The molecule has 4 heterocycles. The molecule has 4 rings (SSSR count). The number of amides is 1. The van der Waals surface area contributed by atoms with Crippen LogP contribution in [0.4, 0.5) is 0 Å². The first-order chi connectivity index (χ1) is 15.9. The van der Waals surface area contributed by atoms with Gasteiger partial charge in [-0.3, -0.25) is 19.8 Å². The summed E-state index contributed by atoms with van der Waals surface area (Å²) in [5.74, 6) is 0.526. The quantitative estimate of drug-likeness (QED) is 0.489. The molecular weight excluding hydrogens is 422 g/mol. The Hall–Kier alpha value is -1.84. The Morgan fingerprint density at radius 3 is 2.79 bits per heavy atom. The monoisotopic (exact) mass is 461 g/mol. The van der Waals surface area contributed by atoms with E-state index in [2.05, 4.69) is 37.1 Å². The summed E-state index contributed by atoms with van der Waals surface area (Å²) in [6.45, 7) is 12.0. The number of nitrogens with zero attached hydrogens (tertiary/aromatic N) is 5. The fourth-order valence-corrected chi connectivity index (χ4v) is 5.79. The molecule has 0 N–H and O–H groups in total. The van der Waals surface area contributed by atoms with Gasteiger partial charge in [0.2, 0.25) is 5.91 Å². The van der Waals surface area contributed by atoms with Crippen molar-refractivity contribution in [1.82, 2.24) is 9.91 Å². The number of fused-ring (bicyclic) bond motifs is 1. The predicted molar refractivity (Wildman–Crippen MR) is 128 cm³/mol. The van der Waals surface area contributed by atoms with Crippen LogP contribution in [0.15, 0.2) is 15.1 Å². The Morgan fingerprint density at radius 1 is 1.21 bits per heavy atom. The Labute approximate surface area is 197 Å². The minimum Gasteiger partial charge on any atom is -0.382 e. The van der Waals surface area contributed by atoms with Crippen molar-refractivity contribution >= 4 is 24.0 Å². The van der Waals surface area contributed by atoms with Crippen LogP contribution in [-0.4, -0.2) is 104 Å². The van der Waals surface area contributed by atoms with E-state index in [0.29, 0.717) is 33.1 Å². The number of hydrogen-bond acceptors (Lipinski definition) is 8. The standard InChI is InChI=1S/C24H39N5O4/c1-6-33-19-10-17(11-25-13-19)20-9-16(2)21-22(27-20)24(3,4)29(23(21)30)18-12-26-28(14-18)15-32-8-7-31-5/h11-12,16-21H,6-10,13-15H2,1-5H3. The van der Waals surface area contributed by atoms with Gasteiger partial charge in [-0.05, 0) is 39.5 Å². The zero-order chi connectivity index (χ0) is 23.6. The van der Waals surface area contributed by atoms with E-state index in [0.717, 1.165) is 25.1 Å². The molecule has 1 fully saturated rings. The van der Waals surface area contributed by atoms with Crippen molar-refractivity contribution in [2.45, 2.75) is 64.3 Å². The average Bonchev–Trinajstić information content (AvgIpc) is 3.31. The highest BCUT2D eigenvalue weighted by molar-refractivity contribution is 6.16. The minimum atomic E-state index is -0.455. The summed E-state index contributed by atoms with van der Waals surface area (Å²) in [6.07, 6.45) is 5.96. The van der Waals surface area contributed by atoms with Crippen molar-refractivity contribution in [2.24, 2.45) is 32.8 Å². The van der Waals surface area contributed by atoms with Gasteiger partial charge in [-0.2, -0.15) is 5.10 Å². The SMILES string of the molecule is CCOC1CN=CC(C2CC(C)C3C(=O)N(C4C=NN(COCCOC)C4)C(C)(C)C3=N2)C1. The molecule has 0 aromatic rings. The summed E-state index contributed by atoms with van der Waals surface area (Å²) in [6, 6.07) is 0.0595. The van der Waals surface area contributed by atoms with Gasteiger partial charge in [-0.25, -0.2) is 0 Å². The molecule has 1 saturated heterocycles. The number of carbonyl (C=O) groups excluding carboxylic acids is 1. The number of carbonyl (C=O) groups is 1. The van der Waals surface area contributed by atoms with E-state index in [4.69, 9.17) is 19.2 Å². The molecule has 6 unspecified atom stereocenters. The second-order valence-corrected chi connectivity index (χ2v) is 10.1. The molecule has 0 radical (unpaired) electrons. The van der Waals surface area contributed by atoms with E-state index in [-0.39, 0.29) is 41.8 Å². The number of aliphatic imine (C=N–C) groups is 2. The van der Waals surface area contributed by atoms with E-state index in [1.807, 2.05) is 23.0 Å². The molecule has 9 heteroatoms. The Morgan fingerprint density at radius 2 is 2.03 bits per heavy atom. The van der Waals surface area contributed by atoms with Crippen LogP contribution in [0.25, 0.3) is 0 Å². The Balaban J connectivity index is 1.48. The van der Waals surface area contributed by atoms with Gasteiger partial charge >= 0.3 is 0 Å². The lowest BCUT2D eigenvalue weighted by molar-refractivity contribution is -0.135. The van der Waals surface area contributed by atoms with E-state index in [1.54, 1.807) is 7.11 Å². The fourth-order valence-electron chi connectivity index (χ4n) is 5.79.